The van der Waals surface area contributed by atoms with Crippen LogP contribution < -0.4 is 0 Å². The SMILES string of the molecule is c1ccc(-c2ccc(-n3c4ccccc4c4cc(-c5ccc6c(c5)c5ccccc5n6-c5cccc6c5oc5ccccc56)ccc43)cc2)cc1. The molecular weight excluding hydrogens is 621 g/mol. The Labute approximate surface area is 293 Å². The number of hydrogen-bond donors (Lipinski definition) is 0. The van der Waals surface area contributed by atoms with E-state index in [4.69, 9.17) is 4.42 Å². The van der Waals surface area contributed by atoms with Gasteiger partial charge in [-0.15, -0.1) is 0 Å². The van der Waals surface area contributed by atoms with Crippen LogP contribution in [0.1, 0.15) is 0 Å². The molecule has 0 unspecified atom stereocenters. The highest BCUT2D eigenvalue weighted by atomic mass is 16.3. The van der Waals surface area contributed by atoms with Crippen LogP contribution >= 0.6 is 0 Å². The molecule has 0 aliphatic rings. The number of benzene rings is 8. The van der Waals surface area contributed by atoms with Crippen molar-refractivity contribution in [3.05, 3.63) is 182 Å². The summed E-state index contributed by atoms with van der Waals surface area (Å²) in [6.07, 6.45) is 0. The Morgan fingerprint density at radius 2 is 0.824 bits per heavy atom. The molecule has 8 aromatic carbocycles. The predicted octanol–water partition coefficient (Wildman–Crippen LogP) is 13.1. The van der Waals surface area contributed by atoms with Crippen LogP contribution in [0.3, 0.4) is 0 Å². The Kier molecular flexibility index (Phi) is 5.96. The molecule has 11 aromatic rings. The Morgan fingerprint density at radius 1 is 0.314 bits per heavy atom. The number of aromatic nitrogens is 2. The van der Waals surface area contributed by atoms with Gasteiger partial charge in [-0.1, -0.05) is 121 Å². The third-order valence-corrected chi connectivity index (χ3v) is 10.5. The third kappa shape index (κ3) is 4.19. The summed E-state index contributed by atoms with van der Waals surface area (Å²) in [7, 11) is 0. The van der Waals surface area contributed by atoms with Crippen LogP contribution in [0, 0.1) is 0 Å². The van der Waals surface area contributed by atoms with Crippen LogP contribution in [0.5, 0.6) is 0 Å². The summed E-state index contributed by atoms with van der Waals surface area (Å²) < 4.78 is 11.3. The molecule has 0 radical (unpaired) electrons. The molecule has 0 spiro atoms. The maximum Gasteiger partial charge on any atom is 0.159 e. The van der Waals surface area contributed by atoms with Crippen molar-refractivity contribution in [2.45, 2.75) is 0 Å². The zero-order chi connectivity index (χ0) is 33.5. The van der Waals surface area contributed by atoms with Crippen molar-refractivity contribution in [3.8, 4) is 33.6 Å². The molecule has 0 saturated heterocycles. The number of fused-ring (bicyclic) bond motifs is 9. The van der Waals surface area contributed by atoms with Gasteiger partial charge in [-0.05, 0) is 82.9 Å². The van der Waals surface area contributed by atoms with Gasteiger partial charge in [0.15, 0.2) is 5.58 Å². The lowest BCUT2D eigenvalue weighted by atomic mass is 10.0. The fraction of sp³-hybridized carbons (Fsp3) is 0. The van der Waals surface area contributed by atoms with Gasteiger partial charge in [0.2, 0.25) is 0 Å². The number of hydrogen-bond acceptors (Lipinski definition) is 1. The summed E-state index contributed by atoms with van der Waals surface area (Å²) in [5.41, 5.74) is 13.6. The van der Waals surface area contributed by atoms with E-state index in [1.165, 1.54) is 54.8 Å². The van der Waals surface area contributed by atoms with Gasteiger partial charge >= 0.3 is 0 Å². The van der Waals surface area contributed by atoms with E-state index in [2.05, 4.69) is 179 Å². The lowest BCUT2D eigenvalue weighted by Crippen LogP contribution is -1.94. The van der Waals surface area contributed by atoms with Gasteiger partial charge in [0.05, 0.1) is 27.8 Å². The van der Waals surface area contributed by atoms with E-state index in [9.17, 15) is 0 Å². The Hall–Kier alpha value is -6.84. The average Bonchev–Trinajstić information content (AvgIpc) is 3.86. The molecule has 0 fully saturated rings. The second-order valence-electron chi connectivity index (χ2n) is 13.3. The van der Waals surface area contributed by atoms with Gasteiger partial charge in [-0.3, -0.25) is 0 Å². The van der Waals surface area contributed by atoms with E-state index in [1.807, 2.05) is 12.1 Å². The highest BCUT2D eigenvalue weighted by molar-refractivity contribution is 6.14. The van der Waals surface area contributed by atoms with E-state index < -0.39 is 0 Å². The summed E-state index contributed by atoms with van der Waals surface area (Å²) in [5, 5.41) is 7.20. The van der Waals surface area contributed by atoms with Crippen molar-refractivity contribution in [1.29, 1.82) is 0 Å². The first-order chi connectivity index (χ1) is 25.3. The highest BCUT2D eigenvalue weighted by Gasteiger charge is 2.19. The van der Waals surface area contributed by atoms with Crippen LogP contribution in [0.2, 0.25) is 0 Å². The summed E-state index contributed by atoms with van der Waals surface area (Å²) in [6.45, 7) is 0. The molecule has 3 aromatic heterocycles. The first-order valence-corrected chi connectivity index (χ1v) is 17.4. The molecule has 0 aliphatic carbocycles. The molecule has 0 N–H and O–H groups in total. The first-order valence-electron chi connectivity index (χ1n) is 17.4. The molecule has 0 aliphatic heterocycles. The summed E-state index contributed by atoms with van der Waals surface area (Å²) in [4.78, 5) is 0. The molecule has 11 rings (SSSR count). The van der Waals surface area contributed by atoms with Gasteiger partial charge in [0.1, 0.15) is 5.58 Å². The van der Waals surface area contributed by atoms with Crippen molar-refractivity contribution >= 4 is 65.6 Å². The average molecular weight is 651 g/mol. The third-order valence-electron chi connectivity index (χ3n) is 10.5. The van der Waals surface area contributed by atoms with E-state index in [0.717, 1.165) is 44.3 Å². The fourth-order valence-corrected chi connectivity index (χ4v) is 8.18. The summed E-state index contributed by atoms with van der Waals surface area (Å²) in [5.74, 6) is 0. The lowest BCUT2D eigenvalue weighted by Gasteiger charge is -2.10. The minimum atomic E-state index is 0.905. The minimum Gasteiger partial charge on any atom is -0.454 e. The summed E-state index contributed by atoms with van der Waals surface area (Å²) in [6, 6.07) is 65.5. The molecule has 0 bridgehead atoms. The maximum absolute atomic E-state index is 6.51. The molecule has 51 heavy (non-hydrogen) atoms. The second-order valence-corrected chi connectivity index (χ2v) is 13.3. The van der Waals surface area contributed by atoms with Crippen molar-refractivity contribution in [3.63, 3.8) is 0 Å². The molecule has 3 heteroatoms. The molecule has 0 saturated carbocycles. The lowest BCUT2D eigenvalue weighted by molar-refractivity contribution is 0.666. The van der Waals surface area contributed by atoms with Crippen molar-refractivity contribution in [2.75, 3.05) is 0 Å². The molecular formula is C48H30N2O. The second kappa shape index (κ2) is 10.8. The normalized spacial score (nSPS) is 11.9. The van der Waals surface area contributed by atoms with Crippen LogP contribution in [0.4, 0.5) is 0 Å². The fourth-order valence-electron chi connectivity index (χ4n) is 8.18. The number of para-hydroxylation sites is 4. The highest BCUT2D eigenvalue weighted by Crippen LogP contribution is 2.40. The molecule has 238 valence electrons. The number of rotatable bonds is 4. The first kappa shape index (κ1) is 28.0. The van der Waals surface area contributed by atoms with Crippen LogP contribution in [0.25, 0.3) is 99.2 Å². The Bertz CT molecular complexity index is 3120. The zero-order valence-electron chi connectivity index (χ0n) is 27.6. The van der Waals surface area contributed by atoms with Crippen LogP contribution in [0.15, 0.2) is 186 Å². The number of nitrogens with zero attached hydrogens (tertiary/aromatic N) is 2. The molecule has 0 atom stereocenters. The topological polar surface area (TPSA) is 23.0 Å². The van der Waals surface area contributed by atoms with Crippen molar-refractivity contribution < 1.29 is 4.42 Å². The van der Waals surface area contributed by atoms with E-state index in [1.54, 1.807) is 0 Å². The maximum atomic E-state index is 6.51. The molecule has 0 amide bonds. The smallest absolute Gasteiger partial charge is 0.159 e. The summed E-state index contributed by atoms with van der Waals surface area (Å²) >= 11 is 0. The quantitative estimate of drug-likeness (QED) is 0.186. The predicted molar refractivity (Wildman–Crippen MR) is 213 cm³/mol. The molecule has 3 heterocycles. The van der Waals surface area contributed by atoms with E-state index >= 15 is 0 Å². The Morgan fingerprint density at radius 3 is 1.53 bits per heavy atom. The van der Waals surface area contributed by atoms with E-state index in [0.29, 0.717) is 0 Å². The van der Waals surface area contributed by atoms with Crippen LogP contribution in [-0.4, -0.2) is 9.13 Å². The standard InChI is InChI=1S/C48H30N2O/c1-2-11-31(12-3-1)32-21-25-35(26-22-32)49-42-17-7-4-13-36(42)40-29-33(23-27-44(40)49)34-24-28-45-41(30-34)37-14-5-8-18-43(37)50(45)46-19-10-16-39-38-15-6-9-20-47(38)51-48(39)46/h1-30H. The van der Waals surface area contributed by atoms with Gasteiger partial charge in [0.25, 0.3) is 0 Å². The number of furan rings is 1. The van der Waals surface area contributed by atoms with Crippen molar-refractivity contribution in [2.24, 2.45) is 0 Å². The minimum absolute atomic E-state index is 0.905. The van der Waals surface area contributed by atoms with Gasteiger partial charge < -0.3 is 13.6 Å². The molecule has 3 nitrogen and oxygen atoms in total. The van der Waals surface area contributed by atoms with Crippen molar-refractivity contribution in [1.82, 2.24) is 9.13 Å². The van der Waals surface area contributed by atoms with Gasteiger partial charge in [-0.25, -0.2) is 0 Å². The van der Waals surface area contributed by atoms with E-state index in [-0.39, 0.29) is 0 Å². The zero-order valence-corrected chi connectivity index (χ0v) is 27.6. The monoisotopic (exact) mass is 650 g/mol. The Balaban J connectivity index is 1.07. The van der Waals surface area contributed by atoms with Gasteiger partial charge in [0, 0.05) is 38.0 Å². The largest absolute Gasteiger partial charge is 0.454 e. The van der Waals surface area contributed by atoms with Crippen LogP contribution in [-0.2, 0) is 0 Å². The van der Waals surface area contributed by atoms with Gasteiger partial charge in [-0.2, -0.15) is 0 Å².